The van der Waals surface area contributed by atoms with Crippen molar-refractivity contribution < 1.29 is 23.8 Å². The smallest absolute Gasteiger partial charge is 0.340 e. The van der Waals surface area contributed by atoms with Gasteiger partial charge < -0.3 is 9.84 Å². The molecule has 0 amide bonds. The number of ether oxygens (including phenoxy) is 1. The first-order valence-corrected chi connectivity index (χ1v) is 5.74. The summed E-state index contributed by atoms with van der Waals surface area (Å²) < 4.78 is 18.3. The molecule has 2 rings (SSSR count). The molecule has 0 aliphatic carbocycles. The fourth-order valence-electron chi connectivity index (χ4n) is 1.80. The molecule has 0 heterocycles. The van der Waals surface area contributed by atoms with Crippen LogP contribution in [0, 0.1) is 5.82 Å². The molecule has 2 aromatic rings. The van der Waals surface area contributed by atoms with Crippen LogP contribution in [0.5, 0.6) is 0 Å². The Hall–Kier alpha value is -2.69. The van der Waals surface area contributed by atoms with E-state index < -0.39 is 17.8 Å². The number of rotatable bonds is 3. The number of aromatic carboxylic acids is 1. The van der Waals surface area contributed by atoms with Crippen molar-refractivity contribution in [1.82, 2.24) is 0 Å². The molecule has 0 aliphatic rings. The molecule has 4 nitrogen and oxygen atoms in total. The van der Waals surface area contributed by atoms with Gasteiger partial charge in [-0.2, -0.15) is 0 Å². The summed E-state index contributed by atoms with van der Waals surface area (Å²) >= 11 is 0. The predicted molar refractivity (Wildman–Crippen MR) is 70.1 cm³/mol. The Labute approximate surface area is 114 Å². The predicted octanol–water partition coefficient (Wildman–Crippen LogP) is 2.98. The summed E-state index contributed by atoms with van der Waals surface area (Å²) in [5, 5.41) is 8.92. The Bertz CT molecular complexity index is 679. The van der Waals surface area contributed by atoms with E-state index in [9.17, 15) is 14.0 Å². The lowest BCUT2D eigenvalue weighted by atomic mass is 10.0. The second-order valence-electron chi connectivity index (χ2n) is 4.07. The molecule has 0 aliphatic heterocycles. The number of hydrogen-bond donors (Lipinski definition) is 1. The van der Waals surface area contributed by atoms with Crippen LogP contribution in [-0.2, 0) is 4.74 Å². The van der Waals surface area contributed by atoms with Crippen molar-refractivity contribution in [2.45, 2.75) is 0 Å². The second kappa shape index (κ2) is 5.52. The van der Waals surface area contributed by atoms with Crippen LogP contribution in [0.4, 0.5) is 4.39 Å². The maximum atomic E-state index is 13.8. The summed E-state index contributed by atoms with van der Waals surface area (Å²) in [5.41, 5.74) is 0.990. The first-order valence-electron chi connectivity index (χ1n) is 5.74. The maximum Gasteiger partial charge on any atom is 0.340 e. The highest BCUT2D eigenvalue weighted by atomic mass is 19.1. The van der Waals surface area contributed by atoms with E-state index in [1.165, 1.54) is 37.4 Å². The first kappa shape index (κ1) is 13.7. The minimum Gasteiger partial charge on any atom is -0.478 e. The van der Waals surface area contributed by atoms with Crippen molar-refractivity contribution in [1.29, 1.82) is 0 Å². The van der Waals surface area contributed by atoms with Crippen LogP contribution in [0.1, 0.15) is 20.7 Å². The second-order valence-corrected chi connectivity index (χ2v) is 4.07. The van der Waals surface area contributed by atoms with Crippen LogP contribution in [0.2, 0.25) is 0 Å². The zero-order valence-electron chi connectivity index (χ0n) is 10.6. The Morgan fingerprint density at radius 1 is 1.10 bits per heavy atom. The molecular formula is C15H11FO4. The third kappa shape index (κ3) is 2.66. The largest absolute Gasteiger partial charge is 0.478 e. The summed E-state index contributed by atoms with van der Waals surface area (Å²) in [4.78, 5) is 22.2. The molecule has 0 spiro atoms. The van der Waals surface area contributed by atoms with Gasteiger partial charge in [0.25, 0.3) is 0 Å². The van der Waals surface area contributed by atoms with Gasteiger partial charge in [0.2, 0.25) is 0 Å². The van der Waals surface area contributed by atoms with Gasteiger partial charge in [-0.3, -0.25) is 0 Å². The molecule has 1 N–H and O–H groups in total. The van der Waals surface area contributed by atoms with E-state index in [4.69, 9.17) is 5.11 Å². The third-order valence-corrected chi connectivity index (χ3v) is 2.82. The van der Waals surface area contributed by atoms with Gasteiger partial charge in [0.05, 0.1) is 18.2 Å². The monoisotopic (exact) mass is 274 g/mol. The van der Waals surface area contributed by atoms with Crippen molar-refractivity contribution in [3.63, 3.8) is 0 Å². The minimum absolute atomic E-state index is 0.111. The number of carboxylic acid groups (broad SMARTS) is 1. The van der Waals surface area contributed by atoms with Crippen molar-refractivity contribution in [2.24, 2.45) is 0 Å². The highest BCUT2D eigenvalue weighted by molar-refractivity contribution is 5.91. The highest BCUT2D eigenvalue weighted by Crippen LogP contribution is 2.23. The Morgan fingerprint density at radius 2 is 1.80 bits per heavy atom. The fourth-order valence-corrected chi connectivity index (χ4v) is 1.80. The van der Waals surface area contributed by atoms with Gasteiger partial charge in [0.15, 0.2) is 0 Å². The minimum atomic E-state index is -1.06. The average Bonchev–Trinajstić information content (AvgIpc) is 2.46. The van der Waals surface area contributed by atoms with Crippen molar-refractivity contribution in [3.8, 4) is 11.1 Å². The zero-order valence-corrected chi connectivity index (χ0v) is 10.6. The van der Waals surface area contributed by atoms with Gasteiger partial charge in [0, 0.05) is 0 Å². The lowest BCUT2D eigenvalue weighted by Crippen LogP contribution is -2.04. The number of esters is 1. The SMILES string of the molecule is COC(=O)c1ccc(-c2cccc(C(=O)O)c2)cc1F. The molecule has 2 aromatic carbocycles. The van der Waals surface area contributed by atoms with Crippen LogP contribution in [0.25, 0.3) is 11.1 Å². The molecule has 0 radical (unpaired) electrons. The molecule has 0 aromatic heterocycles. The van der Waals surface area contributed by atoms with E-state index >= 15 is 0 Å². The zero-order chi connectivity index (χ0) is 14.7. The normalized spacial score (nSPS) is 10.1. The number of halogens is 1. The van der Waals surface area contributed by atoms with Gasteiger partial charge in [-0.1, -0.05) is 18.2 Å². The number of carbonyl (C=O) groups excluding carboxylic acids is 1. The van der Waals surface area contributed by atoms with E-state index in [1.807, 2.05) is 0 Å². The van der Waals surface area contributed by atoms with Crippen LogP contribution in [-0.4, -0.2) is 24.2 Å². The lowest BCUT2D eigenvalue weighted by molar-refractivity contribution is 0.0594. The van der Waals surface area contributed by atoms with Gasteiger partial charge >= 0.3 is 11.9 Å². The average molecular weight is 274 g/mol. The quantitative estimate of drug-likeness (QED) is 0.874. The Morgan fingerprint density at radius 3 is 2.40 bits per heavy atom. The lowest BCUT2D eigenvalue weighted by Gasteiger charge is -2.06. The first-order chi connectivity index (χ1) is 9.52. The number of carbonyl (C=O) groups is 2. The summed E-state index contributed by atoms with van der Waals surface area (Å²) in [5.74, 6) is -2.53. The molecular weight excluding hydrogens is 263 g/mol. The maximum absolute atomic E-state index is 13.8. The third-order valence-electron chi connectivity index (χ3n) is 2.82. The molecule has 20 heavy (non-hydrogen) atoms. The van der Waals surface area contributed by atoms with E-state index in [0.717, 1.165) is 0 Å². The molecule has 5 heteroatoms. The van der Waals surface area contributed by atoms with Crippen LogP contribution in [0.15, 0.2) is 42.5 Å². The standard InChI is InChI=1S/C15H11FO4/c1-20-15(19)12-6-5-10(8-13(12)16)9-3-2-4-11(7-9)14(17)18/h2-8H,1H3,(H,17,18). The van der Waals surface area contributed by atoms with Crippen LogP contribution in [0.3, 0.4) is 0 Å². The fraction of sp³-hybridized carbons (Fsp3) is 0.0667. The summed E-state index contributed by atoms with van der Waals surface area (Å²) in [7, 11) is 1.17. The van der Waals surface area contributed by atoms with Gasteiger partial charge in [0.1, 0.15) is 5.82 Å². The molecule has 0 atom stereocenters. The topological polar surface area (TPSA) is 63.6 Å². The van der Waals surface area contributed by atoms with Crippen molar-refractivity contribution in [3.05, 3.63) is 59.4 Å². The van der Waals surface area contributed by atoms with Crippen molar-refractivity contribution >= 4 is 11.9 Å². The van der Waals surface area contributed by atoms with Crippen LogP contribution >= 0.6 is 0 Å². The van der Waals surface area contributed by atoms with E-state index in [-0.39, 0.29) is 11.1 Å². The van der Waals surface area contributed by atoms with Gasteiger partial charge in [-0.25, -0.2) is 14.0 Å². The number of methoxy groups -OCH3 is 1. The number of carboxylic acids is 1. The van der Waals surface area contributed by atoms with Crippen molar-refractivity contribution in [2.75, 3.05) is 7.11 Å². The van der Waals surface area contributed by atoms with E-state index in [2.05, 4.69) is 4.74 Å². The highest BCUT2D eigenvalue weighted by Gasteiger charge is 2.13. The Balaban J connectivity index is 2.44. The number of hydrogen-bond acceptors (Lipinski definition) is 3. The molecule has 0 fully saturated rings. The van der Waals surface area contributed by atoms with Crippen LogP contribution < -0.4 is 0 Å². The summed E-state index contributed by atoms with van der Waals surface area (Å²) in [6.45, 7) is 0. The molecule has 0 bridgehead atoms. The summed E-state index contributed by atoms with van der Waals surface area (Å²) in [6, 6.07) is 10.2. The van der Waals surface area contributed by atoms with E-state index in [1.54, 1.807) is 12.1 Å². The molecule has 0 saturated heterocycles. The van der Waals surface area contributed by atoms with Gasteiger partial charge in [-0.15, -0.1) is 0 Å². The molecule has 102 valence electrons. The number of benzene rings is 2. The summed E-state index contributed by atoms with van der Waals surface area (Å²) in [6.07, 6.45) is 0. The Kier molecular flexibility index (Phi) is 3.79. The van der Waals surface area contributed by atoms with E-state index in [0.29, 0.717) is 11.1 Å². The molecule has 0 saturated carbocycles. The van der Waals surface area contributed by atoms with Gasteiger partial charge in [-0.05, 0) is 35.4 Å². The molecule has 0 unspecified atom stereocenters.